The lowest BCUT2D eigenvalue weighted by molar-refractivity contribution is -0.147. The number of halogens is 3. The van der Waals surface area contributed by atoms with Gasteiger partial charge in [0.2, 0.25) is 5.88 Å². The molecule has 1 fully saturated rings. The van der Waals surface area contributed by atoms with Crippen molar-refractivity contribution in [3.05, 3.63) is 54.5 Å². The third kappa shape index (κ3) is 5.16. The van der Waals surface area contributed by atoms with Gasteiger partial charge in [0.1, 0.15) is 5.75 Å². The molecular weight excluding hydrogens is 421 g/mol. The van der Waals surface area contributed by atoms with Crippen molar-refractivity contribution in [2.45, 2.75) is 24.9 Å². The van der Waals surface area contributed by atoms with Crippen LogP contribution in [0, 0.1) is 0 Å². The average Bonchev–Trinajstić information content (AvgIpc) is 2.78. The first-order chi connectivity index (χ1) is 15.3. The van der Waals surface area contributed by atoms with Crippen molar-refractivity contribution in [1.29, 1.82) is 0 Å². The quantitative estimate of drug-likeness (QED) is 0.617. The minimum atomic E-state index is -4.21. The Bertz CT molecular complexity index is 1070. The minimum Gasteiger partial charge on any atom is -0.508 e. The van der Waals surface area contributed by atoms with Gasteiger partial charge < -0.3 is 9.84 Å². The van der Waals surface area contributed by atoms with Crippen molar-refractivity contribution in [3.63, 3.8) is 0 Å². The SMILES string of the molecule is COc1ccc(-c2ncc(-c3cccc(O)c3)c(C3CCN(CC(F)(F)F)CC3)n2)cn1. The van der Waals surface area contributed by atoms with Crippen LogP contribution in [-0.4, -0.2) is 57.9 Å². The first-order valence-electron chi connectivity index (χ1n) is 10.3. The number of likely N-dealkylation sites (tertiary alicyclic amines) is 1. The Balaban J connectivity index is 1.67. The van der Waals surface area contributed by atoms with Gasteiger partial charge in [-0.2, -0.15) is 13.2 Å². The van der Waals surface area contributed by atoms with Crippen LogP contribution in [0.4, 0.5) is 13.2 Å². The van der Waals surface area contributed by atoms with Crippen LogP contribution >= 0.6 is 0 Å². The molecule has 0 spiro atoms. The second kappa shape index (κ2) is 9.12. The summed E-state index contributed by atoms with van der Waals surface area (Å²) < 4.78 is 43.4. The van der Waals surface area contributed by atoms with Gasteiger partial charge in [-0.15, -0.1) is 0 Å². The van der Waals surface area contributed by atoms with Crippen LogP contribution in [0.3, 0.4) is 0 Å². The molecule has 2 aromatic heterocycles. The number of phenolic OH excluding ortho intramolecular Hbond substituents is 1. The summed E-state index contributed by atoms with van der Waals surface area (Å²) in [4.78, 5) is 14.9. The molecule has 1 aliphatic heterocycles. The number of hydrogen-bond acceptors (Lipinski definition) is 6. The van der Waals surface area contributed by atoms with E-state index >= 15 is 0 Å². The number of pyridine rings is 1. The van der Waals surface area contributed by atoms with Crippen LogP contribution in [0.2, 0.25) is 0 Å². The van der Waals surface area contributed by atoms with Gasteiger partial charge in [-0.3, -0.25) is 4.90 Å². The molecule has 0 amide bonds. The third-order valence-electron chi connectivity index (χ3n) is 5.56. The molecule has 0 bridgehead atoms. The second-order valence-electron chi connectivity index (χ2n) is 7.80. The number of nitrogens with zero attached hydrogens (tertiary/aromatic N) is 4. The van der Waals surface area contributed by atoms with Gasteiger partial charge in [0, 0.05) is 35.5 Å². The zero-order chi connectivity index (χ0) is 22.7. The van der Waals surface area contributed by atoms with Crippen LogP contribution in [0.15, 0.2) is 48.8 Å². The van der Waals surface area contributed by atoms with Crippen molar-refractivity contribution < 1.29 is 23.0 Å². The van der Waals surface area contributed by atoms with E-state index in [2.05, 4.69) is 9.97 Å². The highest BCUT2D eigenvalue weighted by Crippen LogP contribution is 2.36. The van der Waals surface area contributed by atoms with Crippen molar-refractivity contribution in [1.82, 2.24) is 19.9 Å². The summed E-state index contributed by atoms with van der Waals surface area (Å²) in [5.41, 5.74) is 3.00. The number of methoxy groups -OCH3 is 1. The summed E-state index contributed by atoms with van der Waals surface area (Å²) in [6, 6.07) is 10.3. The maximum Gasteiger partial charge on any atom is 0.401 e. The maximum atomic E-state index is 12.8. The second-order valence-corrected chi connectivity index (χ2v) is 7.80. The first-order valence-corrected chi connectivity index (χ1v) is 10.3. The topological polar surface area (TPSA) is 71.4 Å². The number of rotatable bonds is 5. The van der Waals surface area contributed by atoms with E-state index in [0.717, 1.165) is 16.8 Å². The molecule has 0 saturated carbocycles. The molecule has 3 heterocycles. The van der Waals surface area contributed by atoms with Crippen molar-refractivity contribution in [3.8, 4) is 34.1 Å². The molecular formula is C23H23F3N4O2. The highest BCUT2D eigenvalue weighted by atomic mass is 19.4. The van der Waals surface area contributed by atoms with E-state index in [-0.39, 0.29) is 11.7 Å². The van der Waals surface area contributed by atoms with Gasteiger partial charge in [-0.1, -0.05) is 12.1 Å². The van der Waals surface area contributed by atoms with Crippen LogP contribution in [0.25, 0.3) is 22.5 Å². The molecule has 1 aromatic carbocycles. The number of benzene rings is 1. The number of alkyl halides is 3. The van der Waals surface area contributed by atoms with Gasteiger partial charge in [-0.05, 0) is 49.7 Å². The Hall–Kier alpha value is -3.20. The normalized spacial score (nSPS) is 15.6. The lowest BCUT2D eigenvalue weighted by Crippen LogP contribution is -2.39. The lowest BCUT2D eigenvalue weighted by Gasteiger charge is -2.32. The average molecular weight is 444 g/mol. The molecule has 9 heteroatoms. The monoisotopic (exact) mass is 444 g/mol. The van der Waals surface area contributed by atoms with Gasteiger partial charge >= 0.3 is 6.18 Å². The number of hydrogen-bond donors (Lipinski definition) is 1. The third-order valence-corrected chi connectivity index (χ3v) is 5.56. The molecule has 4 rings (SSSR count). The summed E-state index contributed by atoms with van der Waals surface area (Å²) >= 11 is 0. The molecule has 168 valence electrons. The van der Waals surface area contributed by atoms with Gasteiger partial charge in [0.15, 0.2) is 5.82 Å². The Labute approximate surface area is 183 Å². The van der Waals surface area contributed by atoms with Crippen LogP contribution in [-0.2, 0) is 0 Å². The largest absolute Gasteiger partial charge is 0.508 e. The van der Waals surface area contributed by atoms with E-state index in [1.54, 1.807) is 36.7 Å². The lowest BCUT2D eigenvalue weighted by atomic mass is 9.88. The molecule has 0 unspecified atom stereocenters. The Morgan fingerprint density at radius 2 is 1.84 bits per heavy atom. The zero-order valence-electron chi connectivity index (χ0n) is 17.5. The van der Waals surface area contributed by atoms with E-state index in [1.807, 2.05) is 12.1 Å². The smallest absolute Gasteiger partial charge is 0.401 e. The molecule has 0 radical (unpaired) electrons. The summed E-state index contributed by atoms with van der Waals surface area (Å²) in [5.74, 6) is 1.06. The predicted molar refractivity (Wildman–Crippen MR) is 113 cm³/mol. The van der Waals surface area contributed by atoms with Crippen molar-refractivity contribution >= 4 is 0 Å². The standard InChI is InChI=1S/C23H23F3N4O2/c1-32-20-6-5-17(12-27-20)22-28-13-19(16-3-2-4-18(31)11-16)21(29-22)15-7-9-30(10-8-15)14-23(24,25)26/h2-6,11-13,15,31H,7-10,14H2,1H3. The number of aromatic nitrogens is 3. The Morgan fingerprint density at radius 3 is 2.47 bits per heavy atom. The Morgan fingerprint density at radius 1 is 1.06 bits per heavy atom. The predicted octanol–water partition coefficient (Wildman–Crippen LogP) is 4.66. The molecule has 0 aliphatic carbocycles. The van der Waals surface area contributed by atoms with Crippen LogP contribution < -0.4 is 4.74 Å². The molecule has 3 aromatic rings. The Kier molecular flexibility index (Phi) is 6.27. The summed E-state index contributed by atoms with van der Waals surface area (Å²) in [5, 5.41) is 9.93. The summed E-state index contributed by atoms with van der Waals surface area (Å²) in [6.45, 7) is -0.216. The van der Waals surface area contributed by atoms with Crippen molar-refractivity contribution in [2.75, 3.05) is 26.7 Å². The fourth-order valence-corrected chi connectivity index (χ4v) is 3.99. The number of ether oxygens (including phenoxy) is 1. The summed E-state index contributed by atoms with van der Waals surface area (Å²) in [7, 11) is 1.53. The molecule has 0 atom stereocenters. The number of piperidine rings is 1. The molecule has 32 heavy (non-hydrogen) atoms. The van der Waals surface area contributed by atoms with Crippen molar-refractivity contribution in [2.24, 2.45) is 0 Å². The molecule has 1 N–H and O–H groups in total. The highest BCUT2D eigenvalue weighted by Gasteiger charge is 2.33. The first kappa shape index (κ1) is 22.0. The van der Waals surface area contributed by atoms with E-state index in [1.165, 1.54) is 12.0 Å². The number of phenols is 1. The van der Waals surface area contributed by atoms with Gasteiger partial charge in [-0.25, -0.2) is 15.0 Å². The zero-order valence-corrected chi connectivity index (χ0v) is 17.5. The molecule has 6 nitrogen and oxygen atoms in total. The van der Waals surface area contributed by atoms with Gasteiger partial charge in [0.05, 0.1) is 19.3 Å². The molecule has 1 saturated heterocycles. The van der Waals surface area contributed by atoms with Crippen LogP contribution in [0.5, 0.6) is 11.6 Å². The van der Waals surface area contributed by atoms with Gasteiger partial charge in [0.25, 0.3) is 0 Å². The van der Waals surface area contributed by atoms with E-state index in [4.69, 9.17) is 9.72 Å². The highest BCUT2D eigenvalue weighted by molar-refractivity contribution is 5.69. The fraction of sp³-hybridized carbons (Fsp3) is 0.348. The van der Waals surface area contributed by atoms with E-state index < -0.39 is 12.7 Å². The van der Waals surface area contributed by atoms with Crippen LogP contribution in [0.1, 0.15) is 24.5 Å². The maximum absolute atomic E-state index is 12.8. The number of aromatic hydroxyl groups is 1. The van der Waals surface area contributed by atoms with E-state index in [9.17, 15) is 18.3 Å². The minimum absolute atomic E-state index is 0.0233. The fourth-order valence-electron chi connectivity index (χ4n) is 3.99. The van der Waals surface area contributed by atoms with E-state index in [0.29, 0.717) is 43.2 Å². The summed E-state index contributed by atoms with van der Waals surface area (Å²) in [6.07, 6.45) is 0.234. The molecule has 1 aliphatic rings.